The van der Waals surface area contributed by atoms with Crippen LogP contribution in [-0.2, 0) is 9.59 Å². The van der Waals surface area contributed by atoms with Crippen LogP contribution in [0.15, 0.2) is 52.3 Å². The lowest BCUT2D eigenvalue weighted by atomic mass is 9.90. The Morgan fingerprint density at radius 2 is 1.69 bits per heavy atom. The van der Waals surface area contributed by atoms with E-state index in [1.165, 1.54) is 0 Å². The van der Waals surface area contributed by atoms with Crippen molar-refractivity contribution in [3.63, 3.8) is 0 Å². The molecule has 7 heteroatoms. The number of amides is 1. The van der Waals surface area contributed by atoms with Crippen LogP contribution in [0.1, 0.15) is 23.6 Å². The quantitative estimate of drug-likeness (QED) is 0.523. The molecular formula is C22H19NO4S2. The Morgan fingerprint density at radius 3 is 2.45 bits per heavy atom. The van der Waals surface area contributed by atoms with Crippen molar-refractivity contribution in [2.75, 3.05) is 23.2 Å². The smallest absolute Gasteiger partial charge is 0.264 e. The van der Waals surface area contributed by atoms with Gasteiger partial charge in [0.15, 0.2) is 17.3 Å². The maximum Gasteiger partial charge on any atom is 0.264 e. The van der Waals surface area contributed by atoms with Gasteiger partial charge in [0.05, 0.1) is 10.3 Å². The van der Waals surface area contributed by atoms with Crippen LogP contribution < -0.4 is 14.4 Å². The van der Waals surface area contributed by atoms with E-state index in [1.807, 2.05) is 49.4 Å². The van der Waals surface area contributed by atoms with Crippen LogP contribution in [0, 0.1) is 6.92 Å². The van der Waals surface area contributed by atoms with E-state index >= 15 is 0 Å². The van der Waals surface area contributed by atoms with Crippen LogP contribution in [0.4, 0.5) is 5.69 Å². The van der Waals surface area contributed by atoms with Crippen molar-refractivity contribution in [1.29, 1.82) is 0 Å². The van der Waals surface area contributed by atoms with Crippen LogP contribution in [0.2, 0.25) is 0 Å². The fourth-order valence-electron chi connectivity index (χ4n) is 3.80. The highest BCUT2D eigenvalue weighted by molar-refractivity contribution is 8.25. The summed E-state index contributed by atoms with van der Waals surface area (Å²) < 4.78 is 11.8. The molecule has 0 aromatic heterocycles. The van der Waals surface area contributed by atoms with E-state index in [4.69, 9.17) is 9.47 Å². The highest BCUT2D eigenvalue weighted by Gasteiger charge is 2.41. The Labute approximate surface area is 177 Å². The van der Waals surface area contributed by atoms with Gasteiger partial charge in [-0.25, -0.2) is 0 Å². The number of rotatable bonds is 2. The summed E-state index contributed by atoms with van der Waals surface area (Å²) in [5.74, 6) is 2.89. The van der Waals surface area contributed by atoms with E-state index in [2.05, 4.69) is 0 Å². The van der Waals surface area contributed by atoms with Gasteiger partial charge >= 0.3 is 0 Å². The number of thioether (sulfide) groups is 2. The van der Waals surface area contributed by atoms with Gasteiger partial charge in [-0.1, -0.05) is 23.8 Å². The molecule has 0 N–H and O–H groups in total. The number of hydrogen-bond donors (Lipinski definition) is 0. The topological polar surface area (TPSA) is 55.8 Å². The number of anilines is 1. The summed E-state index contributed by atoms with van der Waals surface area (Å²) in [7, 11) is 0. The molecule has 2 fully saturated rings. The van der Waals surface area contributed by atoms with Gasteiger partial charge in [0.1, 0.15) is 5.57 Å². The van der Waals surface area contributed by atoms with Crippen molar-refractivity contribution >= 4 is 40.9 Å². The minimum Gasteiger partial charge on any atom is -0.454 e. The van der Waals surface area contributed by atoms with Crippen LogP contribution >= 0.6 is 23.5 Å². The van der Waals surface area contributed by atoms with E-state index in [0.717, 1.165) is 32.6 Å². The van der Waals surface area contributed by atoms with Crippen molar-refractivity contribution in [2.45, 2.75) is 19.4 Å². The largest absolute Gasteiger partial charge is 0.454 e. The number of ether oxygens (including phenoxy) is 2. The van der Waals surface area contributed by atoms with E-state index < -0.39 is 0 Å². The number of piperidine rings is 1. The Hall–Kier alpha value is -2.38. The average molecular weight is 426 g/mol. The maximum atomic E-state index is 13.6. The van der Waals surface area contributed by atoms with E-state index in [9.17, 15) is 9.59 Å². The number of aryl methyl sites for hydroxylation is 1. The Morgan fingerprint density at radius 1 is 0.966 bits per heavy atom. The van der Waals surface area contributed by atoms with Crippen LogP contribution in [0.25, 0.3) is 0 Å². The molecule has 0 aliphatic carbocycles. The van der Waals surface area contributed by atoms with Gasteiger partial charge in [-0.05, 0) is 36.8 Å². The Bertz CT molecular complexity index is 1020. The summed E-state index contributed by atoms with van der Waals surface area (Å²) in [5.41, 5.74) is 3.12. The Kier molecular flexibility index (Phi) is 4.80. The fourth-order valence-corrected chi connectivity index (χ4v) is 6.36. The lowest BCUT2D eigenvalue weighted by molar-refractivity contribution is -0.124. The molecule has 0 spiro atoms. The molecule has 5 rings (SSSR count). The van der Waals surface area contributed by atoms with Gasteiger partial charge in [-0.3, -0.25) is 9.59 Å². The standard InChI is InChI=1S/C22H19NO4S2/c1-13-2-5-15(6-3-13)23-16(14-4-7-18-19(10-14)27-12-26-18)11-17(24)20(21(23)25)22-28-8-9-29-22/h2-7,10,16H,8-9,11-12H2,1H3. The fraction of sp³-hybridized carbons (Fsp3) is 0.273. The number of hydrogen-bond acceptors (Lipinski definition) is 6. The number of carbonyl (C=O) groups is 2. The van der Waals surface area contributed by atoms with Crippen molar-refractivity contribution < 1.29 is 19.1 Å². The zero-order chi connectivity index (χ0) is 20.0. The number of nitrogens with zero attached hydrogens (tertiary/aromatic N) is 1. The predicted molar refractivity (Wildman–Crippen MR) is 116 cm³/mol. The molecular weight excluding hydrogens is 406 g/mol. The van der Waals surface area contributed by atoms with E-state index in [1.54, 1.807) is 28.4 Å². The molecule has 3 aliphatic heterocycles. The molecule has 2 aromatic carbocycles. The third-order valence-corrected chi connectivity index (χ3v) is 7.96. The molecule has 0 bridgehead atoms. The first kappa shape index (κ1) is 18.6. The molecule has 2 aromatic rings. The molecule has 1 unspecified atom stereocenters. The molecule has 1 amide bonds. The van der Waals surface area contributed by atoms with Crippen molar-refractivity contribution in [3.05, 3.63) is 63.4 Å². The third kappa shape index (κ3) is 3.32. The highest BCUT2D eigenvalue weighted by Crippen LogP contribution is 2.45. The van der Waals surface area contributed by atoms with Crippen molar-refractivity contribution in [1.82, 2.24) is 0 Å². The zero-order valence-electron chi connectivity index (χ0n) is 15.8. The van der Waals surface area contributed by atoms with Gasteiger partial charge in [-0.15, -0.1) is 23.5 Å². The van der Waals surface area contributed by atoms with E-state index in [0.29, 0.717) is 17.1 Å². The number of fused-ring (bicyclic) bond motifs is 1. The average Bonchev–Trinajstić information content (AvgIpc) is 3.40. The minimum absolute atomic E-state index is 0.0853. The summed E-state index contributed by atoms with van der Waals surface area (Å²) in [6.45, 7) is 2.20. The number of carbonyl (C=O) groups excluding carboxylic acids is 2. The monoisotopic (exact) mass is 425 g/mol. The summed E-state index contributed by atoms with van der Waals surface area (Å²) in [6.07, 6.45) is 0.249. The molecule has 3 heterocycles. The van der Waals surface area contributed by atoms with Crippen LogP contribution in [-0.4, -0.2) is 30.0 Å². The summed E-state index contributed by atoms with van der Waals surface area (Å²) in [6, 6.07) is 13.1. The minimum atomic E-state index is -0.382. The molecule has 2 saturated heterocycles. The molecule has 0 radical (unpaired) electrons. The molecule has 29 heavy (non-hydrogen) atoms. The van der Waals surface area contributed by atoms with Gasteiger partial charge in [0.25, 0.3) is 5.91 Å². The van der Waals surface area contributed by atoms with Gasteiger partial charge in [0, 0.05) is 23.6 Å². The molecule has 1 atom stereocenters. The summed E-state index contributed by atoms with van der Waals surface area (Å²) in [5, 5.41) is 0. The molecule has 148 valence electrons. The predicted octanol–water partition coefficient (Wildman–Crippen LogP) is 4.46. The first-order chi connectivity index (χ1) is 14.1. The maximum absolute atomic E-state index is 13.6. The first-order valence-electron chi connectivity index (χ1n) is 9.44. The van der Waals surface area contributed by atoms with Gasteiger partial charge < -0.3 is 14.4 Å². The van der Waals surface area contributed by atoms with Crippen LogP contribution in [0.5, 0.6) is 11.5 Å². The van der Waals surface area contributed by atoms with Crippen LogP contribution in [0.3, 0.4) is 0 Å². The zero-order valence-corrected chi connectivity index (χ0v) is 17.5. The second kappa shape index (κ2) is 7.46. The molecule has 3 aliphatic rings. The second-order valence-electron chi connectivity index (χ2n) is 7.13. The second-order valence-corrected chi connectivity index (χ2v) is 9.59. The SMILES string of the molecule is Cc1ccc(N2C(=O)C(=C3SCCS3)C(=O)CC2c2ccc3c(c2)OCO3)cc1. The number of ketones is 1. The van der Waals surface area contributed by atoms with Crippen molar-refractivity contribution in [3.8, 4) is 11.5 Å². The number of Topliss-reactive ketones (excluding diaryl/α,β-unsaturated/α-hetero) is 1. The molecule has 5 nitrogen and oxygen atoms in total. The third-order valence-electron chi connectivity index (χ3n) is 5.25. The Balaban J connectivity index is 1.61. The van der Waals surface area contributed by atoms with Crippen molar-refractivity contribution in [2.24, 2.45) is 0 Å². The summed E-state index contributed by atoms with van der Waals surface area (Å²) >= 11 is 3.21. The van der Waals surface area contributed by atoms with Gasteiger partial charge in [-0.2, -0.15) is 0 Å². The normalized spacial score (nSPS) is 21.3. The lowest BCUT2D eigenvalue weighted by Gasteiger charge is -2.36. The van der Waals surface area contributed by atoms with E-state index in [-0.39, 0.29) is 30.9 Å². The number of benzene rings is 2. The first-order valence-corrected chi connectivity index (χ1v) is 11.4. The van der Waals surface area contributed by atoms with Gasteiger partial charge in [0.2, 0.25) is 6.79 Å². The highest BCUT2D eigenvalue weighted by atomic mass is 32.2. The lowest BCUT2D eigenvalue weighted by Crippen LogP contribution is -2.44. The molecule has 0 saturated carbocycles. The summed E-state index contributed by atoms with van der Waals surface area (Å²) in [4.78, 5) is 28.4.